The fourth-order valence-corrected chi connectivity index (χ4v) is 4.71. The molecule has 2 aromatic carbocycles. The molecule has 0 aliphatic carbocycles. The molecule has 1 spiro atoms. The molecule has 1 fully saturated rings. The summed E-state index contributed by atoms with van der Waals surface area (Å²) in [5, 5.41) is 2.82. The van der Waals surface area contributed by atoms with Crippen molar-refractivity contribution in [2.75, 3.05) is 25.0 Å². The van der Waals surface area contributed by atoms with Gasteiger partial charge in [-0.25, -0.2) is 14.8 Å². The molecule has 1 N–H and O–H groups in total. The van der Waals surface area contributed by atoms with Gasteiger partial charge in [0.15, 0.2) is 0 Å². The van der Waals surface area contributed by atoms with Gasteiger partial charge in [-0.05, 0) is 52.4 Å². The van der Waals surface area contributed by atoms with Crippen LogP contribution in [0.3, 0.4) is 0 Å². The van der Waals surface area contributed by atoms with Gasteiger partial charge in [0.1, 0.15) is 11.4 Å². The summed E-state index contributed by atoms with van der Waals surface area (Å²) in [6.07, 6.45) is 5.23. The van der Waals surface area contributed by atoms with Gasteiger partial charge in [0.05, 0.1) is 6.61 Å². The van der Waals surface area contributed by atoms with E-state index in [0.717, 1.165) is 36.1 Å². The molecular weight excluding hydrogens is 468 g/mol. The number of ether oxygens (including phenoxy) is 2. The SMILES string of the molecule is CC(C)(C)COC(=O)N1CCC2(CC1)Cc1cc(-c3ccc(NC(=O)c4ncccn4)cc3)ccc1O2. The van der Waals surface area contributed by atoms with Crippen molar-refractivity contribution in [3.8, 4) is 16.9 Å². The van der Waals surface area contributed by atoms with Crippen LogP contribution in [0, 0.1) is 5.41 Å². The molecule has 3 heterocycles. The molecule has 2 amide bonds. The highest BCUT2D eigenvalue weighted by atomic mass is 16.6. The standard InChI is InChI=1S/C29H32N4O4/c1-28(2,3)19-36-27(35)33-15-11-29(12-16-33)18-22-17-21(7-10-24(22)37-29)20-5-8-23(9-6-20)32-26(34)25-30-13-4-14-31-25/h4-10,13-14,17H,11-12,15-16,18-19H2,1-3H3,(H,32,34). The number of aromatic nitrogens is 2. The van der Waals surface area contributed by atoms with E-state index in [0.29, 0.717) is 25.4 Å². The fourth-order valence-electron chi connectivity index (χ4n) is 4.71. The zero-order chi connectivity index (χ0) is 26.0. The minimum atomic E-state index is -0.346. The highest BCUT2D eigenvalue weighted by Gasteiger charge is 2.43. The predicted molar refractivity (Wildman–Crippen MR) is 141 cm³/mol. The second kappa shape index (κ2) is 9.84. The first-order valence-electron chi connectivity index (χ1n) is 12.6. The van der Waals surface area contributed by atoms with Crippen molar-refractivity contribution in [3.63, 3.8) is 0 Å². The molecule has 3 aromatic rings. The fraction of sp³-hybridized carbons (Fsp3) is 0.379. The molecular formula is C29H32N4O4. The monoisotopic (exact) mass is 500 g/mol. The number of amides is 2. The molecule has 8 nitrogen and oxygen atoms in total. The van der Waals surface area contributed by atoms with Crippen LogP contribution in [0.2, 0.25) is 0 Å². The maximum Gasteiger partial charge on any atom is 0.409 e. The molecule has 5 rings (SSSR count). The van der Waals surface area contributed by atoms with E-state index < -0.39 is 0 Å². The second-order valence-electron chi connectivity index (χ2n) is 11.0. The Hall–Kier alpha value is -3.94. The summed E-state index contributed by atoms with van der Waals surface area (Å²) in [6.45, 7) is 7.83. The van der Waals surface area contributed by atoms with Gasteiger partial charge in [0.2, 0.25) is 5.82 Å². The Labute approximate surface area is 217 Å². The van der Waals surface area contributed by atoms with Gasteiger partial charge < -0.3 is 19.7 Å². The van der Waals surface area contributed by atoms with Crippen LogP contribution in [-0.2, 0) is 11.2 Å². The third-order valence-corrected chi connectivity index (χ3v) is 6.71. The van der Waals surface area contributed by atoms with E-state index in [1.54, 1.807) is 11.0 Å². The summed E-state index contributed by atoms with van der Waals surface area (Å²) >= 11 is 0. The van der Waals surface area contributed by atoms with Gasteiger partial charge in [-0.2, -0.15) is 0 Å². The molecule has 0 radical (unpaired) electrons. The van der Waals surface area contributed by atoms with Crippen molar-refractivity contribution >= 4 is 17.7 Å². The lowest BCUT2D eigenvalue weighted by atomic mass is 9.86. The topological polar surface area (TPSA) is 93.7 Å². The van der Waals surface area contributed by atoms with Gasteiger partial charge in [-0.3, -0.25) is 4.79 Å². The molecule has 0 bridgehead atoms. The van der Waals surface area contributed by atoms with Crippen molar-refractivity contribution in [2.45, 2.75) is 45.6 Å². The number of carbonyl (C=O) groups excluding carboxylic acids is 2. The van der Waals surface area contributed by atoms with Crippen LogP contribution in [0.15, 0.2) is 60.9 Å². The first-order chi connectivity index (χ1) is 17.7. The smallest absolute Gasteiger partial charge is 0.409 e. The minimum Gasteiger partial charge on any atom is -0.487 e. The van der Waals surface area contributed by atoms with Gasteiger partial charge in [0.25, 0.3) is 5.91 Å². The van der Waals surface area contributed by atoms with Crippen LogP contribution < -0.4 is 10.1 Å². The Kier molecular flexibility index (Phi) is 6.58. The molecule has 0 saturated carbocycles. The van der Waals surface area contributed by atoms with E-state index in [9.17, 15) is 9.59 Å². The van der Waals surface area contributed by atoms with Crippen molar-refractivity contribution in [1.82, 2.24) is 14.9 Å². The number of benzene rings is 2. The number of likely N-dealkylation sites (tertiary alicyclic amines) is 1. The van der Waals surface area contributed by atoms with E-state index in [2.05, 4.69) is 48.2 Å². The lowest BCUT2D eigenvalue weighted by Gasteiger charge is -2.38. The molecule has 2 aliphatic rings. The van der Waals surface area contributed by atoms with E-state index in [-0.39, 0.29) is 28.8 Å². The summed E-state index contributed by atoms with van der Waals surface area (Å²) in [5.41, 5.74) is 3.68. The first kappa shape index (κ1) is 24.7. The Balaban J connectivity index is 1.20. The molecule has 0 atom stereocenters. The van der Waals surface area contributed by atoms with E-state index in [1.807, 2.05) is 30.3 Å². The number of hydrogen-bond acceptors (Lipinski definition) is 6. The van der Waals surface area contributed by atoms with Crippen molar-refractivity contribution in [3.05, 3.63) is 72.3 Å². The van der Waals surface area contributed by atoms with Crippen molar-refractivity contribution < 1.29 is 19.1 Å². The molecule has 0 unspecified atom stereocenters. The Morgan fingerprint density at radius 3 is 2.38 bits per heavy atom. The number of nitrogens with one attached hydrogen (secondary N) is 1. The van der Waals surface area contributed by atoms with Crippen molar-refractivity contribution in [2.24, 2.45) is 5.41 Å². The maximum atomic E-state index is 12.5. The Bertz CT molecular complexity index is 1280. The van der Waals surface area contributed by atoms with Crippen LogP contribution in [0.1, 0.15) is 49.8 Å². The third-order valence-electron chi connectivity index (χ3n) is 6.71. The summed E-state index contributed by atoms with van der Waals surface area (Å²) in [5.74, 6) is 0.702. The first-order valence-corrected chi connectivity index (χ1v) is 12.6. The highest BCUT2D eigenvalue weighted by molar-refractivity contribution is 6.01. The van der Waals surface area contributed by atoms with E-state index in [1.165, 1.54) is 18.0 Å². The number of anilines is 1. The molecule has 2 aliphatic heterocycles. The molecule has 192 valence electrons. The quantitative estimate of drug-likeness (QED) is 0.519. The summed E-state index contributed by atoms with van der Waals surface area (Å²) in [7, 11) is 0. The zero-order valence-electron chi connectivity index (χ0n) is 21.5. The lowest BCUT2D eigenvalue weighted by molar-refractivity contribution is 0.00956. The third kappa shape index (κ3) is 5.74. The van der Waals surface area contributed by atoms with Crippen LogP contribution >= 0.6 is 0 Å². The van der Waals surface area contributed by atoms with Crippen LogP contribution in [-0.4, -0.2) is 52.2 Å². The zero-order valence-corrected chi connectivity index (χ0v) is 21.5. The largest absolute Gasteiger partial charge is 0.487 e. The molecule has 8 heteroatoms. The number of piperidine rings is 1. The average Bonchev–Trinajstić information content (AvgIpc) is 3.25. The van der Waals surface area contributed by atoms with Crippen molar-refractivity contribution in [1.29, 1.82) is 0 Å². The normalized spacial score (nSPS) is 16.1. The maximum absolute atomic E-state index is 12.5. The van der Waals surface area contributed by atoms with E-state index in [4.69, 9.17) is 9.47 Å². The lowest BCUT2D eigenvalue weighted by Crippen LogP contribution is -2.49. The Morgan fingerprint density at radius 1 is 1.03 bits per heavy atom. The van der Waals surface area contributed by atoms with Gasteiger partial charge in [-0.15, -0.1) is 0 Å². The molecule has 1 saturated heterocycles. The number of fused-ring (bicyclic) bond motifs is 1. The number of nitrogens with zero attached hydrogens (tertiary/aromatic N) is 3. The summed E-state index contributed by atoms with van der Waals surface area (Å²) in [6, 6.07) is 15.6. The molecule has 1 aromatic heterocycles. The van der Waals surface area contributed by atoms with E-state index >= 15 is 0 Å². The van der Waals surface area contributed by atoms with Gasteiger partial charge in [-0.1, -0.05) is 39.0 Å². The highest BCUT2D eigenvalue weighted by Crippen LogP contribution is 2.42. The number of rotatable bonds is 4. The second-order valence-corrected chi connectivity index (χ2v) is 11.0. The predicted octanol–water partition coefficient (Wildman–Crippen LogP) is 5.35. The van der Waals surface area contributed by atoms with Crippen LogP contribution in [0.5, 0.6) is 5.75 Å². The van der Waals surface area contributed by atoms with Gasteiger partial charge >= 0.3 is 6.09 Å². The minimum absolute atomic E-state index is 0.0496. The average molecular weight is 501 g/mol. The summed E-state index contributed by atoms with van der Waals surface area (Å²) in [4.78, 5) is 34.5. The van der Waals surface area contributed by atoms with Crippen LogP contribution in [0.25, 0.3) is 11.1 Å². The van der Waals surface area contributed by atoms with Gasteiger partial charge in [0, 0.05) is 50.4 Å². The number of carbonyl (C=O) groups is 2. The van der Waals surface area contributed by atoms with Crippen LogP contribution in [0.4, 0.5) is 10.5 Å². The number of hydrogen-bond donors (Lipinski definition) is 1. The molecule has 37 heavy (non-hydrogen) atoms. The Morgan fingerprint density at radius 2 is 1.70 bits per heavy atom. The summed E-state index contributed by atoms with van der Waals surface area (Å²) < 4.78 is 11.9.